The van der Waals surface area contributed by atoms with Crippen LogP contribution in [-0.2, 0) is 42.9 Å². The largest absolute Gasteiger partial charge is 0.479 e. The summed E-state index contributed by atoms with van der Waals surface area (Å²) in [5.41, 5.74) is 0. The molecule has 0 radical (unpaired) electrons. The van der Waals surface area contributed by atoms with E-state index < -0.39 is 67.3 Å². The highest BCUT2D eigenvalue weighted by atomic mass is 16.7. The second-order valence-electron chi connectivity index (χ2n) is 20.6. The first-order chi connectivity index (χ1) is 34.6. The molecular weight excluding hydrogens is 901 g/mol. The van der Waals surface area contributed by atoms with Crippen molar-refractivity contribution in [1.82, 2.24) is 0 Å². The van der Waals surface area contributed by atoms with Crippen LogP contribution in [0.3, 0.4) is 0 Å². The number of allylic oxidation sites excluding steroid dienone is 2. The molecule has 1 heterocycles. The number of hydrogen-bond donors (Lipinski definition) is 3. The van der Waals surface area contributed by atoms with Gasteiger partial charge < -0.3 is 39.0 Å². The van der Waals surface area contributed by atoms with Crippen LogP contribution in [0.15, 0.2) is 12.2 Å². The van der Waals surface area contributed by atoms with Crippen LogP contribution < -0.4 is 0 Å². The van der Waals surface area contributed by atoms with Crippen LogP contribution >= 0.6 is 0 Å². The second kappa shape index (κ2) is 48.4. The van der Waals surface area contributed by atoms with E-state index in [0.717, 1.165) is 77.0 Å². The van der Waals surface area contributed by atoms with Crippen LogP contribution in [0.25, 0.3) is 0 Å². The number of hydrogen-bond acceptors (Lipinski definition) is 11. The molecule has 1 aliphatic heterocycles. The summed E-state index contributed by atoms with van der Waals surface area (Å²) in [6, 6.07) is 0. The number of carbonyl (C=O) groups is 4. The Hall–Kier alpha value is -2.54. The highest BCUT2D eigenvalue weighted by Crippen LogP contribution is 2.27. The maximum Gasteiger partial charge on any atom is 0.335 e. The SMILES string of the molecule is CCCCCCCC/C=C\CCCCCCCC(=O)OCC(COC1OC(C(=O)O)C(O)C(O)C1OC(=O)CCCCCCCCCCCCCCCCCCC)OC(=O)CCCCCCCCCCC. The normalized spacial score (nSPS) is 18.5. The summed E-state index contributed by atoms with van der Waals surface area (Å²) < 4.78 is 28.4. The molecule has 0 aromatic rings. The van der Waals surface area contributed by atoms with Crippen LogP contribution in [0.5, 0.6) is 0 Å². The topological polar surface area (TPSA) is 175 Å². The molecule has 3 N–H and O–H groups in total. The molecule has 1 aliphatic rings. The van der Waals surface area contributed by atoms with Crippen molar-refractivity contribution in [3.8, 4) is 0 Å². The molecule has 0 bridgehead atoms. The van der Waals surface area contributed by atoms with Crippen LogP contribution in [0.1, 0.15) is 290 Å². The average molecular weight is 1010 g/mol. The molecule has 1 fully saturated rings. The fraction of sp³-hybridized carbons (Fsp3) is 0.898. The summed E-state index contributed by atoms with van der Waals surface area (Å²) in [4.78, 5) is 51.0. The number of carboxylic acid groups (broad SMARTS) is 1. The Bertz CT molecular complexity index is 1290. The maximum atomic E-state index is 13.1. The molecule has 1 rings (SSSR count). The number of carboxylic acids is 1. The summed E-state index contributed by atoms with van der Waals surface area (Å²) in [6.45, 7) is 5.98. The Kier molecular flexibility index (Phi) is 45.3. The molecule has 6 atom stereocenters. The van der Waals surface area contributed by atoms with Crippen LogP contribution in [0.4, 0.5) is 0 Å². The van der Waals surface area contributed by atoms with Gasteiger partial charge in [0.1, 0.15) is 18.8 Å². The van der Waals surface area contributed by atoms with Gasteiger partial charge in [-0.15, -0.1) is 0 Å². The van der Waals surface area contributed by atoms with Crippen molar-refractivity contribution in [1.29, 1.82) is 0 Å². The van der Waals surface area contributed by atoms with Gasteiger partial charge in [-0.3, -0.25) is 14.4 Å². The zero-order valence-corrected chi connectivity index (χ0v) is 45.7. The van der Waals surface area contributed by atoms with E-state index in [-0.39, 0.29) is 25.9 Å². The van der Waals surface area contributed by atoms with Gasteiger partial charge in [0, 0.05) is 19.3 Å². The van der Waals surface area contributed by atoms with Gasteiger partial charge in [0.05, 0.1) is 6.61 Å². The van der Waals surface area contributed by atoms with Gasteiger partial charge in [-0.25, -0.2) is 4.79 Å². The molecule has 1 saturated heterocycles. The van der Waals surface area contributed by atoms with Crippen LogP contribution in [-0.4, -0.2) is 89.2 Å². The van der Waals surface area contributed by atoms with Crippen molar-refractivity contribution in [3.05, 3.63) is 12.2 Å². The van der Waals surface area contributed by atoms with Gasteiger partial charge in [-0.1, -0.05) is 238 Å². The minimum Gasteiger partial charge on any atom is -0.479 e. The van der Waals surface area contributed by atoms with E-state index in [0.29, 0.717) is 19.3 Å². The third-order valence-corrected chi connectivity index (χ3v) is 13.8. The van der Waals surface area contributed by atoms with E-state index in [1.165, 1.54) is 154 Å². The Balaban J connectivity index is 2.63. The Morgan fingerprint density at radius 3 is 1.20 bits per heavy atom. The Labute approximate surface area is 433 Å². The van der Waals surface area contributed by atoms with Crippen LogP contribution in [0.2, 0.25) is 0 Å². The fourth-order valence-corrected chi connectivity index (χ4v) is 9.25. The standard InChI is InChI=1S/C59H108O12/c1-4-7-10-13-16-19-21-23-25-26-28-30-32-35-38-41-44-47-53(62)70-57-55(64)54(63)56(58(65)66)71-59(57)68-49-50(69-52(61)46-43-40-37-33-18-15-12-9-6-3)48-67-51(60)45-42-39-36-34-31-29-27-24-22-20-17-14-11-8-5-2/h24,27,50,54-57,59,63-64H,4-23,25-26,28-49H2,1-3H3,(H,65,66)/b27-24-. The van der Waals surface area contributed by atoms with Gasteiger partial charge in [-0.05, 0) is 44.9 Å². The molecule has 0 saturated carbocycles. The minimum atomic E-state index is -1.90. The number of aliphatic hydroxyl groups is 2. The van der Waals surface area contributed by atoms with Gasteiger partial charge >= 0.3 is 23.9 Å². The predicted molar refractivity (Wildman–Crippen MR) is 285 cm³/mol. The second-order valence-corrected chi connectivity index (χ2v) is 20.6. The van der Waals surface area contributed by atoms with E-state index in [9.17, 15) is 34.5 Å². The molecule has 12 heteroatoms. The summed E-state index contributed by atoms with van der Waals surface area (Å²) in [5, 5.41) is 31.4. The van der Waals surface area contributed by atoms with Crippen LogP contribution in [0, 0.1) is 0 Å². The van der Waals surface area contributed by atoms with E-state index in [4.69, 9.17) is 23.7 Å². The first-order valence-corrected chi connectivity index (χ1v) is 29.7. The molecule has 71 heavy (non-hydrogen) atoms. The molecule has 0 amide bonds. The molecule has 0 aromatic heterocycles. The van der Waals surface area contributed by atoms with Crippen molar-refractivity contribution >= 4 is 23.9 Å². The molecule has 0 aliphatic carbocycles. The first-order valence-electron chi connectivity index (χ1n) is 29.7. The van der Waals surface area contributed by atoms with Gasteiger partial charge in [0.25, 0.3) is 0 Å². The molecule has 416 valence electrons. The van der Waals surface area contributed by atoms with Crippen molar-refractivity contribution in [2.24, 2.45) is 0 Å². The third-order valence-electron chi connectivity index (χ3n) is 13.8. The van der Waals surface area contributed by atoms with Crippen molar-refractivity contribution in [2.45, 2.75) is 327 Å². The number of aliphatic hydroxyl groups excluding tert-OH is 2. The average Bonchev–Trinajstić information content (AvgIpc) is 3.35. The number of rotatable bonds is 51. The fourth-order valence-electron chi connectivity index (χ4n) is 9.25. The van der Waals surface area contributed by atoms with Gasteiger partial charge in [0.2, 0.25) is 0 Å². The number of esters is 3. The molecule has 0 spiro atoms. The summed E-state index contributed by atoms with van der Waals surface area (Å²) >= 11 is 0. The minimum absolute atomic E-state index is 0.0682. The predicted octanol–water partition coefficient (Wildman–Crippen LogP) is 14.9. The first kappa shape index (κ1) is 66.5. The highest BCUT2D eigenvalue weighted by molar-refractivity contribution is 5.74. The Morgan fingerprint density at radius 2 is 0.803 bits per heavy atom. The zero-order valence-electron chi connectivity index (χ0n) is 45.7. The van der Waals surface area contributed by atoms with Crippen molar-refractivity contribution < 1.29 is 58.2 Å². The van der Waals surface area contributed by atoms with Gasteiger partial charge in [0.15, 0.2) is 24.6 Å². The van der Waals surface area contributed by atoms with Gasteiger partial charge in [-0.2, -0.15) is 0 Å². The number of carbonyl (C=O) groups excluding carboxylic acids is 3. The quantitative estimate of drug-likeness (QED) is 0.0228. The van der Waals surface area contributed by atoms with E-state index in [1.807, 2.05) is 0 Å². The van der Waals surface area contributed by atoms with Crippen molar-refractivity contribution in [3.63, 3.8) is 0 Å². The number of ether oxygens (including phenoxy) is 5. The number of aliphatic carboxylic acids is 1. The smallest absolute Gasteiger partial charge is 0.335 e. The maximum absolute atomic E-state index is 13.1. The lowest BCUT2D eigenvalue weighted by Crippen LogP contribution is -2.61. The highest BCUT2D eigenvalue weighted by Gasteiger charge is 2.50. The molecule has 6 unspecified atom stereocenters. The van der Waals surface area contributed by atoms with E-state index in [2.05, 4.69) is 32.9 Å². The summed E-state index contributed by atoms with van der Waals surface area (Å²) in [7, 11) is 0. The van der Waals surface area contributed by atoms with E-state index in [1.54, 1.807) is 0 Å². The number of unbranched alkanes of at least 4 members (excludes halogenated alkanes) is 35. The third kappa shape index (κ3) is 38.7. The molecule has 0 aromatic carbocycles. The monoisotopic (exact) mass is 1010 g/mol. The summed E-state index contributed by atoms with van der Waals surface area (Å²) in [5.74, 6) is -3.10. The summed E-state index contributed by atoms with van der Waals surface area (Å²) in [6.07, 6.45) is 40.5. The zero-order chi connectivity index (χ0) is 51.8. The lowest BCUT2D eigenvalue weighted by atomic mass is 9.98. The lowest BCUT2D eigenvalue weighted by Gasteiger charge is -2.40. The molecule has 12 nitrogen and oxygen atoms in total. The molecular formula is C59H108O12. The van der Waals surface area contributed by atoms with Crippen molar-refractivity contribution in [2.75, 3.05) is 13.2 Å². The van der Waals surface area contributed by atoms with E-state index >= 15 is 0 Å². The lowest BCUT2D eigenvalue weighted by molar-refractivity contribution is -0.301. The Morgan fingerprint density at radius 1 is 0.451 bits per heavy atom.